The molecule has 9 nitrogen and oxygen atoms in total. The molecule has 3 aromatic rings. The number of alkyl halides is 3. The van der Waals surface area contributed by atoms with Crippen LogP contribution in [-0.4, -0.2) is 63.0 Å². The molecule has 0 unspecified atom stereocenters. The van der Waals surface area contributed by atoms with Gasteiger partial charge in [0, 0.05) is 39.3 Å². The van der Waals surface area contributed by atoms with Gasteiger partial charge in [0.05, 0.1) is 0 Å². The second kappa shape index (κ2) is 7.33. The fraction of sp³-hybridized carbons (Fsp3) is 0.471. The molecule has 0 saturated carbocycles. The van der Waals surface area contributed by atoms with Crippen LogP contribution in [0.4, 0.5) is 30.6 Å². The van der Waals surface area contributed by atoms with Crippen LogP contribution < -0.4 is 15.1 Å². The van der Waals surface area contributed by atoms with Crippen molar-refractivity contribution in [2.75, 3.05) is 42.3 Å². The second-order valence-electron chi connectivity index (χ2n) is 7.04. The summed E-state index contributed by atoms with van der Waals surface area (Å²) in [5.41, 5.74) is 0.0677. The number of piperidine rings is 1. The Morgan fingerprint density at radius 2 is 1.86 bits per heavy atom. The summed E-state index contributed by atoms with van der Waals surface area (Å²) in [6, 6.07) is 5.26. The van der Waals surface area contributed by atoms with Gasteiger partial charge in [0.15, 0.2) is 5.65 Å². The van der Waals surface area contributed by atoms with E-state index in [1.54, 1.807) is 6.07 Å². The predicted octanol–water partition coefficient (Wildman–Crippen LogP) is 2.08. The van der Waals surface area contributed by atoms with Crippen LogP contribution in [-0.2, 0) is 6.18 Å². The molecule has 1 N–H and O–H groups in total. The molecule has 154 valence electrons. The van der Waals surface area contributed by atoms with E-state index in [4.69, 9.17) is 0 Å². The van der Waals surface area contributed by atoms with E-state index in [0.29, 0.717) is 18.9 Å². The topological polar surface area (TPSA) is 87.4 Å². The normalized spacial score (nSPS) is 15.7. The lowest BCUT2D eigenvalue weighted by Gasteiger charge is -2.33. The lowest BCUT2D eigenvalue weighted by Crippen LogP contribution is -2.40. The first-order valence-electron chi connectivity index (χ1n) is 9.12. The van der Waals surface area contributed by atoms with E-state index in [9.17, 15) is 13.2 Å². The van der Waals surface area contributed by atoms with Crippen molar-refractivity contribution in [3.8, 4) is 0 Å². The highest BCUT2D eigenvalue weighted by Crippen LogP contribution is 2.28. The Kier molecular flexibility index (Phi) is 4.84. The maximum Gasteiger partial charge on any atom is 0.453 e. The van der Waals surface area contributed by atoms with Crippen molar-refractivity contribution in [3.05, 3.63) is 30.4 Å². The molecular weight excluding hydrogens is 387 g/mol. The van der Waals surface area contributed by atoms with Gasteiger partial charge in [-0.15, -0.1) is 15.3 Å². The lowest BCUT2D eigenvalue weighted by atomic mass is 10.1. The van der Waals surface area contributed by atoms with E-state index in [1.165, 1.54) is 12.4 Å². The number of nitrogens with one attached hydrogen (secondary N) is 1. The van der Waals surface area contributed by atoms with Gasteiger partial charge in [-0.25, -0.2) is 9.97 Å². The maximum atomic E-state index is 13.1. The molecule has 0 radical (unpaired) electrons. The van der Waals surface area contributed by atoms with Gasteiger partial charge in [-0.2, -0.15) is 17.7 Å². The van der Waals surface area contributed by atoms with Crippen molar-refractivity contribution in [3.63, 3.8) is 0 Å². The number of hydrogen-bond acceptors (Lipinski definition) is 8. The minimum absolute atomic E-state index is 0.0677. The molecule has 1 fully saturated rings. The highest BCUT2D eigenvalue weighted by molar-refractivity contribution is 5.49. The SMILES string of the molecule is CN(C)c1cc(NC2CCN(c3ccc4nnc(C(F)(F)F)n4n3)CC2)ncn1. The Morgan fingerprint density at radius 3 is 2.55 bits per heavy atom. The first-order valence-corrected chi connectivity index (χ1v) is 9.12. The Bertz CT molecular complexity index is 993. The summed E-state index contributed by atoms with van der Waals surface area (Å²) in [6.45, 7) is 1.32. The molecule has 1 saturated heterocycles. The van der Waals surface area contributed by atoms with E-state index in [-0.39, 0.29) is 11.7 Å². The smallest absolute Gasteiger partial charge is 0.367 e. The quantitative estimate of drug-likeness (QED) is 0.704. The van der Waals surface area contributed by atoms with Crippen molar-refractivity contribution in [1.29, 1.82) is 0 Å². The van der Waals surface area contributed by atoms with Crippen LogP contribution in [0, 0.1) is 0 Å². The monoisotopic (exact) mass is 407 g/mol. The van der Waals surface area contributed by atoms with Crippen molar-refractivity contribution >= 4 is 23.1 Å². The molecule has 1 aliphatic heterocycles. The van der Waals surface area contributed by atoms with E-state index in [0.717, 1.165) is 29.0 Å². The number of halogens is 3. The Balaban J connectivity index is 1.44. The number of aromatic nitrogens is 6. The zero-order valence-corrected chi connectivity index (χ0v) is 15.9. The van der Waals surface area contributed by atoms with Crippen molar-refractivity contribution in [1.82, 2.24) is 29.8 Å². The van der Waals surface area contributed by atoms with Crippen LogP contribution >= 0.6 is 0 Å². The Morgan fingerprint density at radius 1 is 1.10 bits per heavy atom. The number of anilines is 3. The standard InChI is InChI=1S/C17H20F3N9/c1-27(2)15-9-12(21-10-22-15)23-11-5-7-28(8-6-11)14-4-3-13-24-25-16(17(18,19)20)29(13)26-14/h3-4,9-11H,5-8H2,1-2H3,(H,21,22,23). The molecule has 0 aliphatic carbocycles. The van der Waals surface area contributed by atoms with Gasteiger partial charge in [-0.1, -0.05) is 0 Å². The maximum absolute atomic E-state index is 13.1. The third-order valence-corrected chi connectivity index (χ3v) is 4.78. The Labute approximate surface area is 164 Å². The summed E-state index contributed by atoms with van der Waals surface area (Å²) in [7, 11) is 3.82. The van der Waals surface area contributed by atoms with Gasteiger partial charge in [-0.05, 0) is 25.0 Å². The van der Waals surface area contributed by atoms with Crippen molar-refractivity contribution in [2.45, 2.75) is 25.1 Å². The molecule has 0 aromatic carbocycles. The summed E-state index contributed by atoms with van der Waals surface area (Å²) in [5, 5.41) is 14.3. The highest BCUT2D eigenvalue weighted by Gasteiger charge is 2.37. The summed E-state index contributed by atoms with van der Waals surface area (Å²) >= 11 is 0. The van der Waals surface area contributed by atoms with Gasteiger partial charge in [0.2, 0.25) is 0 Å². The van der Waals surface area contributed by atoms with E-state index in [1.807, 2.05) is 30.0 Å². The minimum atomic E-state index is -4.61. The lowest BCUT2D eigenvalue weighted by molar-refractivity contribution is -0.146. The molecule has 0 atom stereocenters. The first-order chi connectivity index (χ1) is 13.8. The number of rotatable bonds is 4. The molecular formula is C17H20F3N9. The molecule has 3 aromatic heterocycles. The number of hydrogen-bond donors (Lipinski definition) is 1. The van der Waals surface area contributed by atoms with Gasteiger partial charge in [0.1, 0.15) is 23.8 Å². The minimum Gasteiger partial charge on any atom is -0.367 e. The van der Waals surface area contributed by atoms with Crippen LogP contribution in [0.3, 0.4) is 0 Å². The highest BCUT2D eigenvalue weighted by atomic mass is 19.4. The first kappa shape index (κ1) is 19.2. The number of fused-ring (bicyclic) bond motifs is 1. The summed E-state index contributed by atoms with van der Waals surface area (Å²) in [5.74, 6) is 0.914. The fourth-order valence-electron chi connectivity index (χ4n) is 3.26. The molecule has 1 aliphatic rings. The summed E-state index contributed by atoms with van der Waals surface area (Å²) in [4.78, 5) is 12.3. The average Bonchev–Trinajstić information content (AvgIpc) is 3.12. The predicted molar refractivity (Wildman–Crippen MR) is 101 cm³/mol. The zero-order valence-electron chi connectivity index (χ0n) is 15.9. The van der Waals surface area contributed by atoms with E-state index >= 15 is 0 Å². The summed E-state index contributed by atoms with van der Waals surface area (Å²) in [6.07, 6.45) is -1.49. The second-order valence-corrected chi connectivity index (χ2v) is 7.04. The molecule has 4 rings (SSSR count). The molecule has 0 bridgehead atoms. The summed E-state index contributed by atoms with van der Waals surface area (Å²) < 4.78 is 39.9. The van der Waals surface area contributed by atoms with Crippen LogP contribution in [0.1, 0.15) is 18.7 Å². The van der Waals surface area contributed by atoms with E-state index < -0.39 is 12.0 Å². The zero-order chi connectivity index (χ0) is 20.6. The number of nitrogens with zero attached hydrogens (tertiary/aromatic N) is 8. The Hall–Kier alpha value is -3.18. The average molecular weight is 407 g/mol. The van der Waals surface area contributed by atoms with Crippen LogP contribution in [0.25, 0.3) is 5.65 Å². The molecule has 29 heavy (non-hydrogen) atoms. The van der Waals surface area contributed by atoms with Gasteiger partial charge >= 0.3 is 6.18 Å². The van der Waals surface area contributed by atoms with Gasteiger partial charge in [0.25, 0.3) is 5.82 Å². The molecule has 0 amide bonds. The third-order valence-electron chi connectivity index (χ3n) is 4.78. The van der Waals surface area contributed by atoms with Gasteiger partial charge in [-0.3, -0.25) is 0 Å². The van der Waals surface area contributed by atoms with Crippen LogP contribution in [0.5, 0.6) is 0 Å². The van der Waals surface area contributed by atoms with E-state index in [2.05, 4.69) is 30.6 Å². The third kappa shape index (κ3) is 4.00. The largest absolute Gasteiger partial charge is 0.453 e. The van der Waals surface area contributed by atoms with Crippen LogP contribution in [0.15, 0.2) is 24.5 Å². The van der Waals surface area contributed by atoms with Crippen molar-refractivity contribution < 1.29 is 13.2 Å². The van der Waals surface area contributed by atoms with Crippen molar-refractivity contribution in [2.24, 2.45) is 0 Å². The molecule has 0 spiro atoms. The van der Waals surface area contributed by atoms with Gasteiger partial charge < -0.3 is 15.1 Å². The van der Waals surface area contributed by atoms with Crippen LogP contribution in [0.2, 0.25) is 0 Å². The molecule has 4 heterocycles. The molecule has 12 heteroatoms. The fourth-order valence-corrected chi connectivity index (χ4v) is 3.26.